The number of hydrogen-bond donors (Lipinski definition) is 0. The maximum absolute atomic E-state index is 13.1. The molecule has 0 aromatic heterocycles. The Morgan fingerprint density at radius 1 is 1.07 bits per heavy atom. The van der Waals surface area contributed by atoms with Gasteiger partial charge in [-0.3, -0.25) is 9.69 Å². The van der Waals surface area contributed by atoms with E-state index in [0.29, 0.717) is 18.1 Å². The van der Waals surface area contributed by atoms with Crippen molar-refractivity contribution in [1.29, 1.82) is 0 Å². The van der Waals surface area contributed by atoms with Gasteiger partial charge in [0.05, 0.1) is 10.6 Å². The summed E-state index contributed by atoms with van der Waals surface area (Å²) in [4.78, 5) is 22.7. The summed E-state index contributed by atoms with van der Waals surface area (Å²) in [5, 5.41) is 0.724. The van der Waals surface area contributed by atoms with Gasteiger partial charge < -0.3 is 9.64 Å². The molecule has 2 heterocycles. The van der Waals surface area contributed by atoms with E-state index in [4.69, 9.17) is 9.73 Å². The molecule has 156 valence electrons. The average molecular weight is 422 g/mol. The number of thioether (sulfide) groups is 1. The Labute approximate surface area is 182 Å². The van der Waals surface area contributed by atoms with Crippen LogP contribution in [0.1, 0.15) is 24.8 Å². The Balaban J connectivity index is 1.55. The Kier molecular flexibility index (Phi) is 6.87. The number of nitrogens with zero attached hydrogens (tertiary/aromatic N) is 3. The predicted molar refractivity (Wildman–Crippen MR) is 125 cm³/mol. The molecule has 2 aliphatic rings. The van der Waals surface area contributed by atoms with Crippen LogP contribution in [0.2, 0.25) is 0 Å². The van der Waals surface area contributed by atoms with Crippen molar-refractivity contribution in [2.45, 2.75) is 19.3 Å². The second-order valence-electron chi connectivity index (χ2n) is 7.43. The lowest BCUT2D eigenvalue weighted by Gasteiger charge is -2.17. The number of rotatable bonds is 7. The van der Waals surface area contributed by atoms with Gasteiger partial charge in [0, 0.05) is 39.0 Å². The van der Waals surface area contributed by atoms with Gasteiger partial charge in [-0.15, -0.1) is 0 Å². The fourth-order valence-electron chi connectivity index (χ4n) is 3.68. The average Bonchev–Trinajstić information content (AvgIpc) is 3.40. The molecule has 2 aromatic rings. The number of anilines is 1. The number of para-hydroxylation sites is 1. The first-order valence-corrected chi connectivity index (χ1v) is 11.3. The SMILES string of the molecule is COCCCN1C(=O)/C(=C\c2ccc(N3CCCC3)cc2)SC1=Nc1ccccc1. The minimum Gasteiger partial charge on any atom is -0.385 e. The van der Waals surface area contributed by atoms with E-state index in [-0.39, 0.29) is 5.91 Å². The fraction of sp³-hybridized carbons (Fsp3) is 0.333. The van der Waals surface area contributed by atoms with Crippen molar-refractivity contribution in [2.75, 3.05) is 38.3 Å². The van der Waals surface area contributed by atoms with Crippen molar-refractivity contribution < 1.29 is 9.53 Å². The number of amidine groups is 1. The van der Waals surface area contributed by atoms with E-state index in [1.807, 2.05) is 36.4 Å². The summed E-state index contributed by atoms with van der Waals surface area (Å²) in [5.74, 6) is 0.00871. The third kappa shape index (κ3) is 4.94. The fourth-order valence-corrected chi connectivity index (χ4v) is 4.70. The number of hydrogen-bond acceptors (Lipinski definition) is 5. The molecule has 0 spiro atoms. The van der Waals surface area contributed by atoms with Crippen molar-refractivity contribution >= 4 is 40.3 Å². The summed E-state index contributed by atoms with van der Waals surface area (Å²) in [6.07, 6.45) is 5.27. The largest absolute Gasteiger partial charge is 0.385 e. The summed E-state index contributed by atoms with van der Waals surface area (Å²) in [7, 11) is 1.68. The van der Waals surface area contributed by atoms with Gasteiger partial charge in [-0.05, 0) is 66.9 Å². The first-order chi connectivity index (χ1) is 14.7. The second-order valence-corrected chi connectivity index (χ2v) is 8.44. The highest BCUT2D eigenvalue weighted by Gasteiger charge is 2.33. The number of amides is 1. The third-order valence-corrected chi connectivity index (χ3v) is 6.27. The second kappa shape index (κ2) is 9.96. The van der Waals surface area contributed by atoms with Crippen molar-refractivity contribution in [2.24, 2.45) is 4.99 Å². The molecule has 5 nitrogen and oxygen atoms in total. The van der Waals surface area contributed by atoms with Gasteiger partial charge in [0.25, 0.3) is 5.91 Å². The van der Waals surface area contributed by atoms with Crippen LogP contribution in [0.15, 0.2) is 64.5 Å². The molecule has 0 aliphatic carbocycles. The molecule has 2 aromatic carbocycles. The van der Waals surface area contributed by atoms with Gasteiger partial charge >= 0.3 is 0 Å². The van der Waals surface area contributed by atoms with E-state index in [9.17, 15) is 4.79 Å². The lowest BCUT2D eigenvalue weighted by molar-refractivity contribution is -0.122. The first kappa shape index (κ1) is 20.7. The zero-order chi connectivity index (χ0) is 20.8. The molecule has 0 N–H and O–H groups in total. The lowest BCUT2D eigenvalue weighted by atomic mass is 10.2. The molecule has 2 saturated heterocycles. The van der Waals surface area contributed by atoms with Gasteiger partial charge in [0.15, 0.2) is 5.17 Å². The molecular formula is C24H27N3O2S. The summed E-state index contributed by atoms with van der Waals surface area (Å²) in [6.45, 7) is 3.47. The molecule has 0 saturated carbocycles. The maximum atomic E-state index is 13.1. The quantitative estimate of drug-likeness (QED) is 0.470. The summed E-state index contributed by atoms with van der Waals surface area (Å²) in [6, 6.07) is 18.3. The van der Waals surface area contributed by atoms with Crippen LogP contribution in [0.5, 0.6) is 0 Å². The molecule has 0 bridgehead atoms. The number of carbonyl (C=O) groups excluding carboxylic acids is 1. The van der Waals surface area contributed by atoms with Gasteiger partial charge in [-0.25, -0.2) is 4.99 Å². The van der Waals surface area contributed by atoms with Crippen LogP contribution in [-0.4, -0.2) is 49.3 Å². The summed E-state index contributed by atoms with van der Waals surface area (Å²) < 4.78 is 5.16. The highest BCUT2D eigenvalue weighted by molar-refractivity contribution is 8.18. The highest BCUT2D eigenvalue weighted by Crippen LogP contribution is 2.34. The van der Waals surface area contributed by atoms with Crippen molar-refractivity contribution in [3.8, 4) is 0 Å². The van der Waals surface area contributed by atoms with Gasteiger partial charge in [-0.1, -0.05) is 30.3 Å². The zero-order valence-electron chi connectivity index (χ0n) is 17.3. The van der Waals surface area contributed by atoms with E-state index >= 15 is 0 Å². The zero-order valence-corrected chi connectivity index (χ0v) is 18.1. The minimum atomic E-state index is 0.00871. The van der Waals surface area contributed by atoms with E-state index in [1.165, 1.54) is 30.3 Å². The molecule has 6 heteroatoms. The van der Waals surface area contributed by atoms with Crippen LogP contribution >= 0.6 is 11.8 Å². The van der Waals surface area contributed by atoms with Gasteiger partial charge in [0.1, 0.15) is 0 Å². The predicted octanol–water partition coefficient (Wildman–Crippen LogP) is 4.93. The number of aliphatic imine (C=N–C) groups is 1. The Bertz CT molecular complexity index is 919. The molecule has 4 rings (SSSR count). The van der Waals surface area contributed by atoms with Crippen LogP contribution in [0.3, 0.4) is 0 Å². The van der Waals surface area contributed by atoms with Crippen molar-refractivity contribution in [1.82, 2.24) is 4.90 Å². The molecule has 0 atom stereocenters. The van der Waals surface area contributed by atoms with E-state index in [1.54, 1.807) is 12.0 Å². The Hall–Kier alpha value is -2.57. The van der Waals surface area contributed by atoms with E-state index in [2.05, 4.69) is 29.2 Å². The van der Waals surface area contributed by atoms with Gasteiger partial charge in [0.2, 0.25) is 0 Å². The number of methoxy groups -OCH3 is 1. The first-order valence-electron chi connectivity index (χ1n) is 10.4. The van der Waals surface area contributed by atoms with E-state index in [0.717, 1.165) is 35.9 Å². The van der Waals surface area contributed by atoms with Crippen molar-refractivity contribution in [3.05, 3.63) is 65.1 Å². The standard InChI is InChI=1S/C24H27N3O2S/c1-29-17-7-16-27-23(28)22(30-24(27)25-20-8-3-2-4-9-20)18-19-10-12-21(13-11-19)26-14-5-6-15-26/h2-4,8-13,18H,5-7,14-17H2,1H3/b22-18+,25-24?. The Morgan fingerprint density at radius 2 is 1.80 bits per heavy atom. The summed E-state index contributed by atoms with van der Waals surface area (Å²) in [5.41, 5.74) is 3.14. The highest BCUT2D eigenvalue weighted by atomic mass is 32.2. The normalized spacial score (nSPS) is 19.4. The van der Waals surface area contributed by atoms with Crippen LogP contribution in [0.25, 0.3) is 6.08 Å². The number of carbonyl (C=O) groups is 1. The lowest BCUT2D eigenvalue weighted by Crippen LogP contribution is -2.30. The third-order valence-electron chi connectivity index (χ3n) is 5.26. The van der Waals surface area contributed by atoms with Crippen LogP contribution < -0.4 is 4.90 Å². The van der Waals surface area contributed by atoms with Crippen LogP contribution in [-0.2, 0) is 9.53 Å². The topological polar surface area (TPSA) is 45.1 Å². The van der Waals surface area contributed by atoms with Gasteiger partial charge in [-0.2, -0.15) is 0 Å². The maximum Gasteiger partial charge on any atom is 0.266 e. The molecule has 2 aliphatic heterocycles. The molecule has 0 radical (unpaired) electrons. The van der Waals surface area contributed by atoms with Crippen molar-refractivity contribution in [3.63, 3.8) is 0 Å². The van der Waals surface area contributed by atoms with Crippen LogP contribution in [0.4, 0.5) is 11.4 Å². The molecular weight excluding hydrogens is 394 g/mol. The minimum absolute atomic E-state index is 0.00871. The monoisotopic (exact) mass is 421 g/mol. The molecule has 0 unspecified atom stereocenters. The molecule has 30 heavy (non-hydrogen) atoms. The Morgan fingerprint density at radius 3 is 2.50 bits per heavy atom. The summed E-state index contributed by atoms with van der Waals surface area (Å²) >= 11 is 1.44. The van der Waals surface area contributed by atoms with E-state index < -0.39 is 0 Å². The molecule has 2 fully saturated rings. The number of ether oxygens (including phenoxy) is 1. The number of benzene rings is 2. The smallest absolute Gasteiger partial charge is 0.266 e. The van der Waals surface area contributed by atoms with Crippen LogP contribution in [0, 0.1) is 0 Å². The molecule has 1 amide bonds.